The fraction of sp³-hybridized carbons (Fsp3) is 0.778. The van der Waals surface area contributed by atoms with E-state index < -0.39 is 0 Å². The van der Waals surface area contributed by atoms with Gasteiger partial charge in [-0.25, -0.2) is 0 Å². The number of thiophene rings is 1. The van der Waals surface area contributed by atoms with Gasteiger partial charge >= 0.3 is 0 Å². The lowest BCUT2D eigenvalue weighted by molar-refractivity contribution is 0.0915. The average Bonchev–Trinajstić information content (AvgIpc) is 2.96. The average molecular weight is 309 g/mol. The van der Waals surface area contributed by atoms with Crippen LogP contribution in [0.15, 0.2) is 12.1 Å². The first-order valence-corrected chi connectivity index (χ1v) is 9.53. The van der Waals surface area contributed by atoms with Crippen molar-refractivity contribution in [3.63, 3.8) is 0 Å². The van der Waals surface area contributed by atoms with Crippen LogP contribution in [-0.2, 0) is 13.1 Å². The number of hydrogen-bond donors (Lipinski definition) is 1. The number of nitrogens with one attached hydrogen (secondary N) is 1. The Morgan fingerprint density at radius 2 is 1.76 bits per heavy atom. The van der Waals surface area contributed by atoms with Crippen LogP contribution in [0.25, 0.3) is 0 Å². The lowest BCUT2D eigenvalue weighted by Gasteiger charge is -2.40. The van der Waals surface area contributed by atoms with E-state index in [1.807, 2.05) is 11.3 Å². The minimum absolute atomic E-state index is 0.640. The second-order valence-electron chi connectivity index (χ2n) is 6.53. The van der Waals surface area contributed by atoms with Crippen LogP contribution in [0.3, 0.4) is 0 Å². The zero-order valence-corrected chi connectivity index (χ0v) is 14.9. The van der Waals surface area contributed by atoms with Gasteiger partial charge in [-0.2, -0.15) is 0 Å². The molecule has 1 N–H and O–H groups in total. The van der Waals surface area contributed by atoms with Gasteiger partial charge in [0, 0.05) is 22.8 Å². The molecule has 120 valence electrons. The Labute approximate surface area is 134 Å². The third-order valence-electron chi connectivity index (χ3n) is 5.24. The van der Waals surface area contributed by atoms with Crippen molar-refractivity contribution >= 4 is 11.3 Å². The Morgan fingerprint density at radius 3 is 2.38 bits per heavy atom. The summed E-state index contributed by atoms with van der Waals surface area (Å²) < 4.78 is 0. The van der Waals surface area contributed by atoms with Gasteiger partial charge in [-0.05, 0) is 56.4 Å². The highest BCUT2D eigenvalue weighted by molar-refractivity contribution is 7.11. The van der Waals surface area contributed by atoms with E-state index in [0.717, 1.165) is 19.6 Å². The van der Waals surface area contributed by atoms with E-state index in [2.05, 4.69) is 43.1 Å². The van der Waals surface area contributed by atoms with E-state index in [0.29, 0.717) is 5.41 Å². The van der Waals surface area contributed by atoms with Gasteiger partial charge in [-0.3, -0.25) is 4.90 Å². The van der Waals surface area contributed by atoms with Crippen LogP contribution in [-0.4, -0.2) is 24.5 Å². The second-order valence-corrected chi connectivity index (χ2v) is 7.78. The van der Waals surface area contributed by atoms with Gasteiger partial charge in [0.05, 0.1) is 0 Å². The van der Waals surface area contributed by atoms with Gasteiger partial charge in [0.25, 0.3) is 0 Å². The van der Waals surface area contributed by atoms with E-state index in [1.54, 1.807) is 0 Å². The topological polar surface area (TPSA) is 15.3 Å². The Balaban J connectivity index is 1.78. The molecule has 2 nitrogen and oxygen atoms in total. The molecule has 0 amide bonds. The molecule has 21 heavy (non-hydrogen) atoms. The zero-order chi connectivity index (χ0) is 15.1. The normalized spacial score (nSPS) is 19.0. The molecule has 0 aliphatic carbocycles. The maximum absolute atomic E-state index is 3.49. The maximum atomic E-state index is 3.49. The zero-order valence-electron chi connectivity index (χ0n) is 14.1. The molecule has 1 saturated heterocycles. The molecular weight excluding hydrogens is 276 g/mol. The lowest BCUT2D eigenvalue weighted by atomic mass is 9.74. The number of hydrogen-bond acceptors (Lipinski definition) is 3. The van der Waals surface area contributed by atoms with E-state index in [-0.39, 0.29) is 0 Å². The molecule has 0 saturated carbocycles. The fourth-order valence-electron chi connectivity index (χ4n) is 3.35. The molecule has 1 fully saturated rings. The van der Waals surface area contributed by atoms with Gasteiger partial charge in [-0.15, -0.1) is 11.3 Å². The van der Waals surface area contributed by atoms with Crippen LogP contribution in [0.4, 0.5) is 0 Å². The van der Waals surface area contributed by atoms with Crippen molar-refractivity contribution in [3.05, 3.63) is 21.9 Å². The van der Waals surface area contributed by atoms with Crippen molar-refractivity contribution in [1.82, 2.24) is 10.2 Å². The molecule has 1 aromatic rings. The molecule has 2 rings (SSSR count). The molecule has 3 heteroatoms. The highest BCUT2D eigenvalue weighted by Gasteiger charge is 2.31. The van der Waals surface area contributed by atoms with Crippen LogP contribution >= 0.6 is 11.3 Å². The summed E-state index contributed by atoms with van der Waals surface area (Å²) >= 11 is 1.98. The van der Waals surface area contributed by atoms with Gasteiger partial charge in [-0.1, -0.05) is 33.6 Å². The molecule has 0 radical (unpaired) electrons. The molecular formula is C18H32N2S. The van der Waals surface area contributed by atoms with Crippen LogP contribution < -0.4 is 5.32 Å². The third-order valence-corrected chi connectivity index (χ3v) is 6.31. The highest BCUT2D eigenvalue weighted by Crippen LogP contribution is 2.38. The summed E-state index contributed by atoms with van der Waals surface area (Å²) in [5.41, 5.74) is 0.640. The fourth-order valence-corrected chi connectivity index (χ4v) is 4.38. The molecule has 0 bridgehead atoms. The minimum atomic E-state index is 0.640. The summed E-state index contributed by atoms with van der Waals surface area (Å²) in [6.07, 6.45) is 6.68. The van der Waals surface area contributed by atoms with Gasteiger partial charge < -0.3 is 5.32 Å². The summed E-state index contributed by atoms with van der Waals surface area (Å²) in [6.45, 7) is 12.8. The van der Waals surface area contributed by atoms with Gasteiger partial charge in [0.1, 0.15) is 0 Å². The molecule has 1 aliphatic heterocycles. The van der Waals surface area contributed by atoms with Crippen molar-refractivity contribution in [2.24, 2.45) is 5.41 Å². The first kappa shape index (κ1) is 17.0. The smallest absolute Gasteiger partial charge is 0.0328 e. The monoisotopic (exact) mass is 308 g/mol. The van der Waals surface area contributed by atoms with E-state index in [1.165, 1.54) is 54.9 Å². The van der Waals surface area contributed by atoms with E-state index in [4.69, 9.17) is 0 Å². The summed E-state index contributed by atoms with van der Waals surface area (Å²) in [4.78, 5) is 5.66. The quantitative estimate of drug-likeness (QED) is 0.703. The van der Waals surface area contributed by atoms with Crippen LogP contribution in [0.2, 0.25) is 0 Å². The minimum Gasteiger partial charge on any atom is -0.312 e. The first-order chi connectivity index (χ1) is 10.2. The van der Waals surface area contributed by atoms with Crippen LogP contribution in [0, 0.1) is 5.41 Å². The highest BCUT2D eigenvalue weighted by atomic mass is 32.1. The standard InChI is InChI=1S/C18H32N2S/c1-4-11-19-14-16-7-8-17(21-16)15-20-12-9-18(5-2,6-3)10-13-20/h7-8,19H,4-6,9-15H2,1-3H3. The summed E-state index contributed by atoms with van der Waals surface area (Å²) in [7, 11) is 0. The summed E-state index contributed by atoms with van der Waals surface area (Å²) in [5, 5.41) is 3.49. The van der Waals surface area contributed by atoms with Gasteiger partial charge in [0.2, 0.25) is 0 Å². The SMILES string of the molecule is CCCNCc1ccc(CN2CCC(CC)(CC)CC2)s1. The largest absolute Gasteiger partial charge is 0.312 e. The van der Waals surface area contributed by atoms with Crippen LogP contribution in [0.1, 0.15) is 62.6 Å². The Kier molecular flexibility index (Phi) is 6.72. The summed E-state index contributed by atoms with van der Waals surface area (Å²) in [6, 6.07) is 4.63. The lowest BCUT2D eigenvalue weighted by Crippen LogP contribution is -2.38. The third kappa shape index (κ3) is 4.80. The molecule has 0 atom stereocenters. The number of likely N-dealkylation sites (tertiary alicyclic amines) is 1. The number of piperidine rings is 1. The molecule has 1 aromatic heterocycles. The Hall–Kier alpha value is -0.380. The summed E-state index contributed by atoms with van der Waals surface area (Å²) in [5.74, 6) is 0. The van der Waals surface area contributed by atoms with Crippen molar-refractivity contribution in [1.29, 1.82) is 0 Å². The maximum Gasteiger partial charge on any atom is 0.0328 e. The number of nitrogens with zero attached hydrogens (tertiary/aromatic N) is 1. The van der Waals surface area contributed by atoms with E-state index in [9.17, 15) is 0 Å². The molecule has 0 spiro atoms. The van der Waals surface area contributed by atoms with Crippen molar-refractivity contribution in [2.75, 3.05) is 19.6 Å². The van der Waals surface area contributed by atoms with Crippen molar-refractivity contribution < 1.29 is 0 Å². The van der Waals surface area contributed by atoms with E-state index >= 15 is 0 Å². The van der Waals surface area contributed by atoms with Crippen molar-refractivity contribution in [2.45, 2.75) is 66.0 Å². The Bertz CT molecular complexity index is 399. The molecule has 0 unspecified atom stereocenters. The molecule has 0 aromatic carbocycles. The molecule has 1 aliphatic rings. The first-order valence-electron chi connectivity index (χ1n) is 8.72. The predicted molar refractivity (Wildman–Crippen MR) is 93.8 cm³/mol. The van der Waals surface area contributed by atoms with Crippen molar-refractivity contribution in [3.8, 4) is 0 Å². The second kappa shape index (κ2) is 8.30. The predicted octanol–water partition coefficient (Wildman–Crippen LogP) is 4.65. The number of rotatable bonds is 8. The van der Waals surface area contributed by atoms with Gasteiger partial charge in [0.15, 0.2) is 0 Å². The van der Waals surface area contributed by atoms with Crippen LogP contribution in [0.5, 0.6) is 0 Å². The Morgan fingerprint density at radius 1 is 1.10 bits per heavy atom. The molecule has 2 heterocycles.